The Bertz CT molecular complexity index is 983. The van der Waals surface area contributed by atoms with E-state index in [2.05, 4.69) is 27.1 Å². The minimum Gasteiger partial charge on any atom is -0.355 e. The van der Waals surface area contributed by atoms with Crippen LogP contribution in [0, 0.1) is 5.92 Å². The quantitative estimate of drug-likeness (QED) is 0.711. The molecule has 6 nitrogen and oxygen atoms in total. The molecule has 4 heterocycles. The topological polar surface area (TPSA) is 83.7 Å². The number of nitrogens with two attached hydrogens (primary N) is 1. The van der Waals surface area contributed by atoms with Crippen molar-refractivity contribution in [2.45, 2.75) is 32.0 Å². The molecule has 4 rings (SSSR count). The van der Waals surface area contributed by atoms with Crippen LogP contribution >= 0.6 is 0 Å². The molecule has 0 saturated carbocycles. The molecule has 3 aromatic heterocycles. The van der Waals surface area contributed by atoms with E-state index in [1.54, 1.807) is 18.3 Å². The lowest BCUT2D eigenvalue weighted by atomic mass is 9.99. The Labute approximate surface area is 160 Å². The summed E-state index contributed by atoms with van der Waals surface area (Å²) in [5.74, 6) is 0.796. The van der Waals surface area contributed by atoms with Crippen LogP contribution in [0.15, 0.2) is 30.5 Å². The Hall–Kier alpha value is -2.68. The van der Waals surface area contributed by atoms with Crippen LogP contribution in [0.5, 0.6) is 0 Å². The fraction of sp³-hybridized carbons (Fsp3) is 0.421. The predicted molar refractivity (Wildman–Crippen MR) is 101 cm³/mol. The van der Waals surface area contributed by atoms with Crippen molar-refractivity contribution >= 4 is 16.9 Å². The number of alkyl halides is 3. The normalized spacial score (nSPS) is 20.2. The molecule has 1 saturated heterocycles. The average Bonchev–Trinajstić information content (AvgIpc) is 3.25. The van der Waals surface area contributed by atoms with E-state index in [1.165, 1.54) is 6.07 Å². The lowest BCUT2D eigenvalue weighted by Crippen LogP contribution is -2.29. The number of aromatic amines is 1. The highest BCUT2D eigenvalue weighted by atomic mass is 19.4. The van der Waals surface area contributed by atoms with Crippen molar-refractivity contribution in [2.75, 3.05) is 18.0 Å². The average molecular weight is 390 g/mol. The van der Waals surface area contributed by atoms with Crippen LogP contribution in [0.1, 0.15) is 25.3 Å². The highest BCUT2D eigenvalue weighted by Crippen LogP contribution is 2.39. The van der Waals surface area contributed by atoms with Crippen LogP contribution in [0.4, 0.5) is 19.0 Å². The molecule has 0 aliphatic carbocycles. The molecule has 28 heavy (non-hydrogen) atoms. The van der Waals surface area contributed by atoms with Crippen LogP contribution in [0.3, 0.4) is 0 Å². The van der Waals surface area contributed by atoms with E-state index >= 15 is 0 Å². The maximum atomic E-state index is 13.6. The number of halogens is 3. The van der Waals surface area contributed by atoms with E-state index in [9.17, 15) is 13.2 Å². The largest absolute Gasteiger partial charge is 0.418 e. The maximum absolute atomic E-state index is 13.6. The van der Waals surface area contributed by atoms with E-state index in [1.807, 2.05) is 4.90 Å². The summed E-state index contributed by atoms with van der Waals surface area (Å²) in [6.07, 6.45) is -0.982. The molecule has 0 spiro atoms. The van der Waals surface area contributed by atoms with Crippen molar-refractivity contribution in [1.82, 2.24) is 20.2 Å². The van der Waals surface area contributed by atoms with E-state index < -0.39 is 11.7 Å². The molecule has 1 aliphatic rings. The first-order valence-corrected chi connectivity index (χ1v) is 9.26. The SMILES string of the molecule is CCC[C@H]1CN(c2ccc(C(F)(F)F)c(-c3n[nH]c4ncccc34)n2)C[C@H]1N. The number of nitrogens with zero attached hydrogens (tertiary/aromatic N) is 4. The summed E-state index contributed by atoms with van der Waals surface area (Å²) in [6.45, 7) is 3.36. The number of hydrogen-bond donors (Lipinski definition) is 2. The van der Waals surface area contributed by atoms with Gasteiger partial charge >= 0.3 is 6.18 Å². The summed E-state index contributed by atoms with van der Waals surface area (Å²) < 4.78 is 40.9. The first-order valence-electron chi connectivity index (χ1n) is 9.26. The van der Waals surface area contributed by atoms with Crippen LogP contribution in [-0.2, 0) is 6.18 Å². The monoisotopic (exact) mass is 390 g/mol. The molecule has 2 atom stereocenters. The fourth-order valence-corrected chi connectivity index (χ4v) is 3.83. The van der Waals surface area contributed by atoms with Crippen molar-refractivity contribution in [3.63, 3.8) is 0 Å². The molecule has 0 aromatic carbocycles. The van der Waals surface area contributed by atoms with Gasteiger partial charge in [-0.25, -0.2) is 9.97 Å². The summed E-state index contributed by atoms with van der Waals surface area (Å²) in [7, 11) is 0. The highest BCUT2D eigenvalue weighted by molar-refractivity contribution is 5.90. The van der Waals surface area contributed by atoms with Gasteiger partial charge in [0.05, 0.1) is 5.56 Å². The zero-order valence-corrected chi connectivity index (χ0v) is 15.4. The molecular weight excluding hydrogens is 369 g/mol. The van der Waals surface area contributed by atoms with Crippen molar-refractivity contribution < 1.29 is 13.2 Å². The Morgan fingerprint density at radius 1 is 1.21 bits per heavy atom. The smallest absolute Gasteiger partial charge is 0.355 e. The summed E-state index contributed by atoms with van der Waals surface area (Å²) in [4.78, 5) is 10.4. The van der Waals surface area contributed by atoms with Gasteiger partial charge in [-0.15, -0.1) is 0 Å². The highest BCUT2D eigenvalue weighted by Gasteiger charge is 2.37. The van der Waals surface area contributed by atoms with E-state index in [0.717, 1.165) is 18.9 Å². The number of H-pyrrole nitrogens is 1. The molecule has 9 heteroatoms. The van der Waals surface area contributed by atoms with Crippen molar-refractivity contribution in [3.05, 3.63) is 36.0 Å². The lowest BCUT2D eigenvalue weighted by molar-refractivity contribution is -0.137. The first kappa shape index (κ1) is 18.7. The third-order valence-corrected chi connectivity index (χ3v) is 5.22. The molecule has 0 amide bonds. The third-order valence-electron chi connectivity index (χ3n) is 5.22. The zero-order chi connectivity index (χ0) is 19.9. The number of nitrogens with one attached hydrogen (secondary N) is 1. The third kappa shape index (κ3) is 3.30. The Kier molecular flexibility index (Phi) is 4.70. The van der Waals surface area contributed by atoms with Gasteiger partial charge in [0.25, 0.3) is 0 Å². The van der Waals surface area contributed by atoms with Crippen molar-refractivity contribution in [3.8, 4) is 11.4 Å². The number of pyridine rings is 2. The predicted octanol–water partition coefficient (Wildman–Crippen LogP) is 3.60. The van der Waals surface area contributed by atoms with Gasteiger partial charge in [0.1, 0.15) is 17.2 Å². The summed E-state index contributed by atoms with van der Waals surface area (Å²) >= 11 is 0. The summed E-state index contributed by atoms with van der Waals surface area (Å²) in [6, 6.07) is 5.82. The molecule has 0 bridgehead atoms. The molecule has 3 N–H and O–H groups in total. The van der Waals surface area contributed by atoms with Gasteiger partial charge in [0.2, 0.25) is 0 Å². The molecule has 1 fully saturated rings. The number of hydrogen-bond acceptors (Lipinski definition) is 5. The van der Waals surface area contributed by atoms with Crippen molar-refractivity contribution in [2.24, 2.45) is 11.7 Å². The van der Waals surface area contributed by atoms with Gasteiger partial charge in [0, 0.05) is 30.7 Å². The Morgan fingerprint density at radius 3 is 2.79 bits per heavy atom. The van der Waals surface area contributed by atoms with Gasteiger partial charge in [0.15, 0.2) is 5.65 Å². The summed E-state index contributed by atoms with van der Waals surface area (Å²) in [5.41, 5.74) is 5.77. The number of anilines is 1. The Morgan fingerprint density at radius 2 is 2.04 bits per heavy atom. The Balaban J connectivity index is 1.79. The van der Waals surface area contributed by atoms with Gasteiger partial charge in [-0.2, -0.15) is 18.3 Å². The molecular formula is C19H21F3N6. The molecule has 0 radical (unpaired) electrons. The van der Waals surface area contributed by atoms with Gasteiger partial charge in [-0.05, 0) is 36.6 Å². The van der Waals surface area contributed by atoms with Crippen LogP contribution in [0.25, 0.3) is 22.4 Å². The zero-order valence-electron chi connectivity index (χ0n) is 15.4. The second-order valence-corrected chi connectivity index (χ2v) is 7.15. The molecule has 148 valence electrons. The fourth-order valence-electron chi connectivity index (χ4n) is 3.83. The minimum absolute atomic E-state index is 0.0112. The van der Waals surface area contributed by atoms with Crippen LogP contribution in [-0.4, -0.2) is 39.3 Å². The van der Waals surface area contributed by atoms with Gasteiger partial charge < -0.3 is 10.6 Å². The van der Waals surface area contributed by atoms with Gasteiger partial charge in [-0.3, -0.25) is 5.10 Å². The maximum Gasteiger partial charge on any atom is 0.418 e. The molecule has 0 unspecified atom stereocenters. The second kappa shape index (κ2) is 7.05. The lowest BCUT2D eigenvalue weighted by Gasteiger charge is -2.20. The standard InChI is InChI=1S/C19H21F3N6/c1-2-4-11-9-28(10-14(11)23)15-7-6-13(19(20,21)22)17(25-15)16-12-5-3-8-24-18(12)27-26-16/h3,5-8,11,14H,2,4,9-10,23H2,1H3,(H,24,26,27)/t11-,14+/m0/s1. The second-order valence-electron chi connectivity index (χ2n) is 7.15. The van der Waals surface area contributed by atoms with Crippen LogP contribution in [0.2, 0.25) is 0 Å². The molecule has 3 aromatic rings. The first-order chi connectivity index (χ1) is 13.4. The van der Waals surface area contributed by atoms with E-state index in [4.69, 9.17) is 5.73 Å². The number of rotatable bonds is 4. The summed E-state index contributed by atoms with van der Waals surface area (Å²) in [5, 5.41) is 7.26. The minimum atomic E-state index is -4.54. The number of aromatic nitrogens is 4. The van der Waals surface area contributed by atoms with E-state index in [-0.39, 0.29) is 17.4 Å². The molecule has 1 aliphatic heterocycles. The van der Waals surface area contributed by atoms with Crippen LogP contribution < -0.4 is 10.6 Å². The number of fused-ring (bicyclic) bond motifs is 1. The van der Waals surface area contributed by atoms with E-state index in [0.29, 0.717) is 35.9 Å². The van der Waals surface area contributed by atoms with Crippen molar-refractivity contribution in [1.29, 1.82) is 0 Å². The van der Waals surface area contributed by atoms with Gasteiger partial charge in [-0.1, -0.05) is 13.3 Å².